The van der Waals surface area contributed by atoms with Crippen molar-refractivity contribution in [1.82, 2.24) is 4.57 Å². The fraction of sp³-hybridized carbons (Fsp3) is 0.429. The van der Waals surface area contributed by atoms with Gasteiger partial charge in [-0.15, -0.1) is 0 Å². The van der Waals surface area contributed by atoms with Gasteiger partial charge in [0.1, 0.15) is 0 Å². The van der Waals surface area contributed by atoms with Crippen molar-refractivity contribution < 1.29 is 5.11 Å². The zero-order valence-corrected chi connectivity index (χ0v) is 9.98. The molecule has 0 atom stereocenters. The molecule has 1 aromatic carbocycles. The van der Waals surface area contributed by atoms with Crippen LogP contribution in [0, 0.1) is 5.92 Å². The van der Waals surface area contributed by atoms with E-state index in [2.05, 4.69) is 48.9 Å². The molecule has 2 aromatic rings. The van der Waals surface area contributed by atoms with E-state index < -0.39 is 0 Å². The molecule has 0 saturated carbocycles. The zero-order chi connectivity index (χ0) is 11.5. The van der Waals surface area contributed by atoms with Crippen LogP contribution in [-0.2, 0) is 13.0 Å². The summed E-state index contributed by atoms with van der Waals surface area (Å²) in [6, 6.07) is 8.57. The SMILES string of the molecule is CC(C)Cn1ccc2ccc(CCO)cc21. The number of fused-ring (bicyclic) bond motifs is 1. The van der Waals surface area contributed by atoms with Gasteiger partial charge >= 0.3 is 0 Å². The van der Waals surface area contributed by atoms with Gasteiger partial charge < -0.3 is 9.67 Å². The van der Waals surface area contributed by atoms with Crippen molar-refractivity contribution in [1.29, 1.82) is 0 Å². The standard InChI is InChI=1S/C14H19NO/c1-11(2)10-15-7-5-13-4-3-12(6-8-16)9-14(13)15/h3-5,7,9,11,16H,6,8,10H2,1-2H3. The molecule has 2 heteroatoms. The van der Waals surface area contributed by atoms with Gasteiger partial charge in [0.15, 0.2) is 0 Å². The molecule has 2 rings (SSSR count). The molecule has 0 aliphatic rings. The summed E-state index contributed by atoms with van der Waals surface area (Å²) in [7, 11) is 0. The minimum atomic E-state index is 0.219. The van der Waals surface area contributed by atoms with Crippen molar-refractivity contribution in [2.45, 2.75) is 26.8 Å². The molecule has 0 radical (unpaired) electrons. The summed E-state index contributed by atoms with van der Waals surface area (Å²) in [5.41, 5.74) is 2.48. The Balaban J connectivity index is 2.39. The van der Waals surface area contributed by atoms with Crippen LogP contribution >= 0.6 is 0 Å². The highest BCUT2D eigenvalue weighted by molar-refractivity contribution is 5.80. The summed E-state index contributed by atoms with van der Waals surface area (Å²) in [4.78, 5) is 0. The molecule has 0 spiro atoms. The number of hydrogen-bond acceptors (Lipinski definition) is 1. The molecule has 86 valence electrons. The molecular formula is C14H19NO. The Bertz CT molecular complexity index is 471. The maximum atomic E-state index is 8.95. The lowest BCUT2D eigenvalue weighted by molar-refractivity contribution is 0.299. The molecule has 0 saturated heterocycles. The molecule has 0 amide bonds. The van der Waals surface area contributed by atoms with Gasteiger partial charge in [-0.05, 0) is 35.4 Å². The van der Waals surface area contributed by atoms with Gasteiger partial charge in [0.25, 0.3) is 0 Å². The molecule has 16 heavy (non-hydrogen) atoms. The third-order valence-electron chi connectivity index (χ3n) is 2.80. The third-order valence-corrected chi connectivity index (χ3v) is 2.80. The van der Waals surface area contributed by atoms with E-state index in [-0.39, 0.29) is 6.61 Å². The Kier molecular flexibility index (Phi) is 3.30. The monoisotopic (exact) mass is 217 g/mol. The van der Waals surface area contributed by atoms with Gasteiger partial charge in [0.05, 0.1) is 0 Å². The predicted molar refractivity (Wildman–Crippen MR) is 67.6 cm³/mol. The summed E-state index contributed by atoms with van der Waals surface area (Å²) in [6.45, 7) is 5.72. The van der Waals surface area contributed by atoms with Crippen LogP contribution in [0.3, 0.4) is 0 Å². The van der Waals surface area contributed by atoms with Gasteiger partial charge in [-0.25, -0.2) is 0 Å². The van der Waals surface area contributed by atoms with Crippen molar-refractivity contribution in [3.63, 3.8) is 0 Å². The van der Waals surface area contributed by atoms with E-state index >= 15 is 0 Å². The van der Waals surface area contributed by atoms with Gasteiger partial charge in [-0.2, -0.15) is 0 Å². The van der Waals surface area contributed by atoms with Gasteiger partial charge in [-0.1, -0.05) is 26.0 Å². The first-order valence-corrected chi connectivity index (χ1v) is 5.89. The number of aromatic nitrogens is 1. The number of hydrogen-bond donors (Lipinski definition) is 1. The topological polar surface area (TPSA) is 25.2 Å². The summed E-state index contributed by atoms with van der Waals surface area (Å²) >= 11 is 0. The van der Waals surface area contributed by atoms with Crippen LogP contribution in [0.2, 0.25) is 0 Å². The van der Waals surface area contributed by atoms with Crippen LogP contribution < -0.4 is 0 Å². The van der Waals surface area contributed by atoms with Crippen LogP contribution in [0.15, 0.2) is 30.5 Å². The van der Waals surface area contributed by atoms with Crippen molar-refractivity contribution in [3.8, 4) is 0 Å². The fourth-order valence-electron chi connectivity index (χ4n) is 2.07. The average molecular weight is 217 g/mol. The van der Waals surface area contributed by atoms with Crippen LogP contribution in [0.5, 0.6) is 0 Å². The summed E-state index contributed by atoms with van der Waals surface area (Å²) in [5.74, 6) is 0.650. The second kappa shape index (κ2) is 4.71. The molecule has 0 unspecified atom stereocenters. The van der Waals surface area contributed by atoms with Gasteiger partial charge in [-0.3, -0.25) is 0 Å². The highest BCUT2D eigenvalue weighted by Crippen LogP contribution is 2.19. The van der Waals surface area contributed by atoms with E-state index in [9.17, 15) is 0 Å². The fourth-order valence-corrected chi connectivity index (χ4v) is 2.07. The van der Waals surface area contributed by atoms with E-state index in [1.54, 1.807) is 0 Å². The van der Waals surface area contributed by atoms with E-state index in [1.165, 1.54) is 16.5 Å². The number of aliphatic hydroxyl groups excluding tert-OH is 1. The zero-order valence-electron chi connectivity index (χ0n) is 9.98. The van der Waals surface area contributed by atoms with E-state index in [0.29, 0.717) is 5.92 Å². The molecule has 0 aliphatic heterocycles. The number of benzene rings is 1. The first kappa shape index (κ1) is 11.2. The smallest absolute Gasteiger partial charge is 0.0483 e. The third kappa shape index (κ3) is 2.27. The Labute approximate surface area is 96.5 Å². The van der Waals surface area contributed by atoms with E-state index in [0.717, 1.165) is 13.0 Å². The normalized spacial score (nSPS) is 11.5. The summed E-state index contributed by atoms with van der Waals surface area (Å²) in [6.07, 6.45) is 2.89. The van der Waals surface area contributed by atoms with Crippen LogP contribution in [0.4, 0.5) is 0 Å². The number of aliphatic hydroxyl groups is 1. The lowest BCUT2D eigenvalue weighted by atomic mass is 10.1. The molecule has 1 aromatic heterocycles. The maximum absolute atomic E-state index is 8.95. The maximum Gasteiger partial charge on any atom is 0.0483 e. The lowest BCUT2D eigenvalue weighted by Gasteiger charge is -2.09. The largest absolute Gasteiger partial charge is 0.396 e. The first-order chi connectivity index (χ1) is 7.70. The Morgan fingerprint density at radius 1 is 1.25 bits per heavy atom. The van der Waals surface area contributed by atoms with Gasteiger partial charge in [0, 0.05) is 24.9 Å². The Morgan fingerprint density at radius 3 is 2.75 bits per heavy atom. The van der Waals surface area contributed by atoms with Crippen molar-refractivity contribution >= 4 is 10.9 Å². The molecule has 0 aliphatic carbocycles. The van der Waals surface area contributed by atoms with Crippen LogP contribution in [-0.4, -0.2) is 16.3 Å². The molecule has 1 N–H and O–H groups in total. The Hall–Kier alpha value is -1.28. The molecular weight excluding hydrogens is 198 g/mol. The minimum absolute atomic E-state index is 0.219. The second-order valence-corrected chi connectivity index (χ2v) is 4.73. The summed E-state index contributed by atoms with van der Waals surface area (Å²) in [5, 5.41) is 10.2. The molecule has 0 bridgehead atoms. The van der Waals surface area contributed by atoms with Crippen LogP contribution in [0.1, 0.15) is 19.4 Å². The van der Waals surface area contributed by atoms with Crippen LogP contribution in [0.25, 0.3) is 10.9 Å². The molecule has 1 heterocycles. The van der Waals surface area contributed by atoms with E-state index in [1.807, 2.05) is 0 Å². The van der Waals surface area contributed by atoms with E-state index in [4.69, 9.17) is 5.11 Å². The highest BCUT2D eigenvalue weighted by atomic mass is 16.2. The van der Waals surface area contributed by atoms with Gasteiger partial charge in [0.2, 0.25) is 0 Å². The second-order valence-electron chi connectivity index (χ2n) is 4.73. The molecule has 0 fully saturated rings. The number of nitrogens with zero attached hydrogens (tertiary/aromatic N) is 1. The van der Waals surface area contributed by atoms with Crippen molar-refractivity contribution in [2.24, 2.45) is 5.92 Å². The lowest BCUT2D eigenvalue weighted by Crippen LogP contribution is -2.02. The predicted octanol–water partition coefficient (Wildman–Crippen LogP) is 2.83. The average Bonchev–Trinajstić information content (AvgIpc) is 2.61. The Morgan fingerprint density at radius 2 is 2.06 bits per heavy atom. The minimum Gasteiger partial charge on any atom is -0.396 e. The molecule has 2 nitrogen and oxygen atoms in total. The van der Waals surface area contributed by atoms with Crippen molar-refractivity contribution in [3.05, 3.63) is 36.0 Å². The van der Waals surface area contributed by atoms with Crippen molar-refractivity contribution in [2.75, 3.05) is 6.61 Å². The summed E-state index contributed by atoms with van der Waals surface area (Å²) < 4.78 is 2.29. The first-order valence-electron chi connectivity index (χ1n) is 5.89. The quantitative estimate of drug-likeness (QED) is 0.837. The highest BCUT2D eigenvalue weighted by Gasteiger charge is 2.03. The number of rotatable bonds is 4.